The summed E-state index contributed by atoms with van der Waals surface area (Å²) >= 11 is 3.27. The Labute approximate surface area is 202 Å². The first-order valence-electron chi connectivity index (χ1n) is 10.9. The van der Waals surface area contributed by atoms with Crippen LogP contribution in [0.3, 0.4) is 0 Å². The number of aromatic nitrogens is 3. The van der Waals surface area contributed by atoms with Crippen molar-refractivity contribution >= 4 is 44.4 Å². The van der Waals surface area contributed by atoms with Crippen LogP contribution in [0.4, 0.5) is 5.13 Å². The molecule has 33 heavy (non-hydrogen) atoms. The highest BCUT2D eigenvalue weighted by Gasteiger charge is 2.21. The molecule has 0 fully saturated rings. The minimum Gasteiger partial charge on any atom is -0.494 e. The number of ether oxygens (including phenoxy) is 1. The predicted octanol–water partition coefficient (Wildman–Crippen LogP) is 5.72. The van der Waals surface area contributed by atoms with Crippen molar-refractivity contribution in [3.63, 3.8) is 0 Å². The van der Waals surface area contributed by atoms with Crippen molar-refractivity contribution in [3.8, 4) is 5.75 Å². The zero-order chi connectivity index (χ0) is 23.2. The number of hydrogen-bond donors (Lipinski definition) is 0. The van der Waals surface area contributed by atoms with E-state index in [-0.39, 0.29) is 5.91 Å². The molecule has 4 rings (SSSR count). The molecule has 0 aliphatic rings. The highest BCUT2D eigenvalue weighted by molar-refractivity contribution is 7.99. The van der Waals surface area contributed by atoms with Gasteiger partial charge in [-0.05, 0) is 44.0 Å². The molecular formula is C25H28N4O2S2. The van der Waals surface area contributed by atoms with Crippen molar-refractivity contribution in [1.82, 2.24) is 14.5 Å². The van der Waals surface area contributed by atoms with Gasteiger partial charge in [-0.2, -0.15) is 0 Å². The van der Waals surface area contributed by atoms with Crippen molar-refractivity contribution in [3.05, 3.63) is 66.2 Å². The smallest absolute Gasteiger partial charge is 0.229 e. The van der Waals surface area contributed by atoms with Gasteiger partial charge in [-0.3, -0.25) is 9.69 Å². The predicted molar refractivity (Wildman–Crippen MR) is 137 cm³/mol. The van der Waals surface area contributed by atoms with E-state index in [1.165, 1.54) is 10.5 Å². The Morgan fingerprint density at radius 2 is 2.00 bits per heavy atom. The second kappa shape index (κ2) is 10.9. The fourth-order valence-electron chi connectivity index (χ4n) is 3.56. The number of carbonyl (C=O) groups is 1. The van der Waals surface area contributed by atoms with E-state index in [2.05, 4.69) is 43.1 Å². The third-order valence-corrected chi connectivity index (χ3v) is 7.63. The van der Waals surface area contributed by atoms with Gasteiger partial charge in [0.05, 0.1) is 18.1 Å². The molecule has 2 heterocycles. The lowest BCUT2D eigenvalue weighted by atomic mass is 10.2. The van der Waals surface area contributed by atoms with Gasteiger partial charge in [0.15, 0.2) is 5.13 Å². The standard InChI is InChI=1S/C25H28N4O2S2/c1-18-5-8-20(9-6-18)32-16-11-22(30)29(14-4-13-28-15-12-26-17-28)25-27-23-21(31-3)10-7-19(2)24(23)33-25/h5-10,12,15,17H,4,11,13-14,16H2,1-3H3. The largest absolute Gasteiger partial charge is 0.494 e. The van der Waals surface area contributed by atoms with Crippen LogP contribution < -0.4 is 9.64 Å². The second-order valence-corrected chi connectivity index (χ2v) is 10.0. The highest BCUT2D eigenvalue weighted by atomic mass is 32.2. The summed E-state index contributed by atoms with van der Waals surface area (Å²) in [6.45, 7) is 5.55. The Hall–Kier alpha value is -2.84. The third-order valence-electron chi connectivity index (χ3n) is 5.41. The summed E-state index contributed by atoms with van der Waals surface area (Å²) in [5, 5.41) is 0.730. The molecule has 0 aliphatic heterocycles. The normalized spacial score (nSPS) is 11.1. The van der Waals surface area contributed by atoms with E-state index in [1.807, 2.05) is 27.8 Å². The van der Waals surface area contributed by atoms with E-state index >= 15 is 0 Å². The Morgan fingerprint density at radius 3 is 2.73 bits per heavy atom. The van der Waals surface area contributed by atoms with E-state index in [1.54, 1.807) is 42.7 Å². The van der Waals surface area contributed by atoms with Gasteiger partial charge in [0.2, 0.25) is 5.91 Å². The van der Waals surface area contributed by atoms with Crippen molar-refractivity contribution in [2.45, 2.75) is 38.1 Å². The molecule has 6 nitrogen and oxygen atoms in total. The van der Waals surface area contributed by atoms with Crippen LogP contribution in [0.1, 0.15) is 24.0 Å². The maximum Gasteiger partial charge on any atom is 0.229 e. The van der Waals surface area contributed by atoms with Crippen LogP contribution in [0.5, 0.6) is 5.75 Å². The Morgan fingerprint density at radius 1 is 1.18 bits per heavy atom. The monoisotopic (exact) mass is 480 g/mol. The first-order chi connectivity index (χ1) is 16.0. The average molecular weight is 481 g/mol. The molecule has 4 aromatic rings. The zero-order valence-electron chi connectivity index (χ0n) is 19.2. The third kappa shape index (κ3) is 5.75. The summed E-state index contributed by atoms with van der Waals surface area (Å²) < 4.78 is 8.61. The van der Waals surface area contributed by atoms with Gasteiger partial charge in [0.25, 0.3) is 0 Å². The maximum absolute atomic E-state index is 13.3. The number of anilines is 1. The quantitative estimate of drug-likeness (QED) is 0.272. The lowest BCUT2D eigenvalue weighted by molar-refractivity contribution is -0.118. The molecule has 172 valence electrons. The number of carbonyl (C=O) groups excluding carboxylic acids is 1. The van der Waals surface area contributed by atoms with Gasteiger partial charge in [-0.1, -0.05) is 35.1 Å². The Balaban J connectivity index is 1.50. The van der Waals surface area contributed by atoms with Crippen molar-refractivity contribution in [2.75, 3.05) is 24.3 Å². The Bertz CT molecular complexity index is 1200. The molecule has 0 saturated carbocycles. The number of imidazole rings is 1. The molecule has 2 aromatic carbocycles. The summed E-state index contributed by atoms with van der Waals surface area (Å²) in [6, 6.07) is 12.4. The number of benzene rings is 2. The van der Waals surface area contributed by atoms with Gasteiger partial charge in [-0.25, -0.2) is 9.97 Å². The fourth-order valence-corrected chi connectivity index (χ4v) is 5.50. The number of rotatable bonds is 10. The molecule has 2 aromatic heterocycles. The van der Waals surface area contributed by atoms with Gasteiger partial charge in [0, 0.05) is 42.6 Å². The second-order valence-electron chi connectivity index (χ2n) is 7.87. The molecule has 8 heteroatoms. The van der Waals surface area contributed by atoms with Gasteiger partial charge < -0.3 is 9.30 Å². The van der Waals surface area contributed by atoms with E-state index in [9.17, 15) is 4.79 Å². The lowest BCUT2D eigenvalue weighted by Gasteiger charge is -2.20. The Kier molecular flexibility index (Phi) is 7.67. The van der Waals surface area contributed by atoms with E-state index in [4.69, 9.17) is 9.72 Å². The summed E-state index contributed by atoms with van der Waals surface area (Å²) in [7, 11) is 1.65. The van der Waals surface area contributed by atoms with Crippen LogP contribution in [0.25, 0.3) is 10.2 Å². The van der Waals surface area contributed by atoms with E-state index in [0.717, 1.165) is 45.4 Å². The molecule has 0 saturated heterocycles. The molecule has 0 bridgehead atoms. The maximum atomic E-state index is 13.3. The lowest BCUT2D eigenvalue weighted by Crippen LogP contribution is -2.32. The van der Waals surface area contributed by atoms with Gasteiger partial charge in [-0.15, -0.1) is 11.8 Å². The summed E-state index contributed by atoms with van der Waals surface area (Å²) in [4.78, 5) is 25.3. The highest BCUT2D eigenvalue weighted by Crippen LogP contribution is 2.36. The van der Waals surface area contributed by atoms with Crippen LogP contribution >= 0.6 is 23.1 Å². The van der Waals surface area contributed by atoms with Crippen LogP contribution in [0.2, 0.25) is 0 Å². The number of nitrogens with zero attached hydrogens (tertiary/aromatic N) is 4. The topological polar surface area (TPSA) is 60.2 Å². The molecule has 0 unspecified atom stereocenters. The minimum absolute atomic E-state index is 0.0934. The van der Waals surface area contributed by atoms with Crippen LogP contribution in [-0.4, -0.2) is 39.8 Å². The van der Waals surface area contributed by atoms with Crippen LogP contribution in [0, 0.1) is 13.8 Å². The molecular weight excluding hydrogens is 452 g/mol. The number of methoxy groups -OCH3 is 1. The van der Waals surface area contributed by atoms with Crippen molar-refractivity contribution < 1.29 is 9.53 Å². The summed E-state index contributed by atoms with van der Waals surface area (Å²) in [5.74, 6) is 1.56. The zero-order valence-corrected chi connectivity index (χ0v) is 20.8. The molecule has 0 radical (unpaired) electrons. The van der Waals surface area contributed by atoms with Crippen molar-refractivity contribution in [1.29, 1.82) is 0 Å². The summed E-state index contributed by atoms with van der Waals surface area (Å²) in [6.07, 6.45) is 6.79. The fraction of sp³-hybridized carbons (Fsp3) is 0.320. The number of hydrogen-bond acceptors (Lipinski definition) is 6. The average Bonchev–Trinajstić information content (AvgIpc) is 3.49. The molecule has 0 aliphatic carbocycles. The van der Waals surface area contributed by atoms with E-state index < -0.39 is 0 Å². The van der Waals surface area contributed by atoms with Gasteiger partial charge >= 0.3 is 0 Å². The number of aryl methyl sites for hydroxylation is 3. The molecule has 0 atom stereocenters. The molecule has 0 N–H and O–H groups in total. The molecule has 1 amide bonds. The van der Waals surface area contributed by atoms with Crippen LogP contribution in [0.15, 0.2) is 60.0 Å². The number of thiazole rings is 1. The summed E-state index contributed by atoms with van der Waals surface area (Å²) in [5.41, 5.74) is 3.19. The van der Waals surface area contributed by atoms with E-state index in [0.29, 0.717) is 13.0 Å². The number of amides is 1. The minimum atomic E-state index is 0.0934. The van der Waals surface area contributed by atoms with Gasteiger partial charge in [0.1, 0.15) is 11.3 Å². The number of thioether (sulfide) groups is 1. The van der Waals surface area contributed by atoms with Crippen molar-refractivity contribution in [2.24, 2.45) is 0 Å². The SMILES string of the molecule is COc1ccc(C)c2sc(N(CCCn3ccnc3)C(=O)CCSc3ccc(C)cc3)nc12. The number of fused-ring (bicyclic) bond motifs is 1. The first kappa shape index (κ1) is 23.3. The van der Waals surface area contributed by atoms with Crippen LogP contribution in [-0.2, 0) is 11.3 Å². The molecule has 0 spiro atoms. The first-order valence-corrected chi connectivity index (χ1v) is 12.7.